The molecule has 18 heavy (non-hydrogen) atoms. The van der Waals surface area contributed by atoms with Gasteiger partial charge in [0.1, 0.15) is 0 Å². The molecule has 0 radical (unpaired) electrons. The first-order chi connectivity index (χ1) is 8.28. The Morgan fingerprint density at radius 1 is 1.28 bits per heavy atom. The number of sulfonamides is 1. The van der Waals surface area contributed by atoms with E-state index in [2.05, 4.69) is 18.6 Å². The third-order valence-corrected chi connectivity index (χ3v) is 5.94. The van der Waals surface area contributed by atoms with Gasteiger partial charge in [-0.1, -0.05) is 0 Å². The van der Waals surface area contributed by atoms with Gasteiger partial charge in [-0.3, -0.25) is 0 Å². The van der Waals surface area contributed by atoms with E-state index >= 15 is 0 Å². The van der Waals surface area contributed by atoms with Crippen LogP contribution in [0, 0.1) is 0 Å². The van der Waals surface area contributed by atoms with E-state index in [0.29, 0.717) is 10.4 Å². The van der Waals surface area contributed by atoms with Crippen LogP contribution in [0.5, 0.6) is 0 Å². The predicted octanol–water partition coefficient (Wildman–Crippen LogP) is 1.77. The van der Waals surface area contributed by atoms with Crippen molar-refractivity contribution in [1.82, 2.24) is 0 Å². The Hall–Kier alpha value is -0.512. The van der Waals surface area contributed by atoms with Crippen LogP contribution in [0.1, 0.15) is 25.5 Å². The van der Waals surface area contributed by atoms with E-state index in [9.17, 15) is 13.5 Å². The molecule has 2 N–H and O–H groups in total. The number of hydrogen-bond donors (Lipinski definition) is 2. The van der Waals surface area contributed by atoms with E-state index in [1.165, 1.54) is 0 Å². The van der Waals surface area contributed by atoms with Gasteiger partial charge in [0.05, 0.1) is 0 Å². The van der Waals surface area contributed by atoms with Gasteiger partial charge in [0.25, 0.3) is 0 Å². The van der Waals surface area contributed by atoms with Crippen molar-refractivity contribution in [2.75, 3.05) is 11.0 Å². The first-order valence-corrected chi connectivity index (χ1v) is 10.4. The normalized spacial score (nSPS) is 14.3. The Morgan fingerprint density at radius 2 is 1.83 bits per heavy atom. The molecule has 1 aromatic carbocycles. The molecule has 1 rings (SSSR count). The second-order valence-corrected chi connectivity index (χ2v) is 10.5. The molecule has 0 saturated carbocycles. The van der Waals surface area contributed by atoms with Gasteiger partial charge in [-0.25, -0.2) is 0 Å². The number of nitrogens with one attached hydrogen (secondary N) is 1. The summed E-state index contributed by atoms with van der Waals surface area (Å²) in [6.45, 7) is 4.34. The molecule has 0 spiro atoms. The third-order valence-electron chi connectivity index (χ3n) is 2.32. The molecule has 0 aliphatic carbocycles. The van der Waals surface area contributed by atoms with Crippen molar-refractivity contribution in [3.8, 4) is 0 Å². The number of anilines is 1. The molecule has 0 aromatic heterocycles. The van der Waals surface area contributed by atoms with Crippen molar-refractivity contribution in [3.63, 3.8) is 0 Å². The van der Waals surface area contributed by atoms with Crippen molar-refractivity contribution in [2.24, 2.45) is 0 Å². The van der Waals surface area contributed by atoms with Crippen LogP contribution in [0.25, 0.3) is 0 Å². The first-order valence-electron chi connectivity index (χ1n) is 5.77. The molecule has 0 heterocycles. The molecule has 102 valence electrons. The second-order valence-electron chi connectivity index (χ2n) is 4.57. The first kappa shape index (κ1) is 15.5. The van der Waals surface area contributed by atoms with E-state index in [-0.39, 0.29) is 15.8 Å². The van der Waals surface area contributed by atoms with Crippen LogP contribution in [0.4, 0.5) is 5.69 Å². The summed E-state index contributed by atoms with van der Waals surface area (Å²) in [7, 11) is -3.24. The second kappa shape index (κ2) is 6.60. The number of benzene rings is 1. The summed E-state index contributed by atoms with van der Waals surface area (Å²) in [4.78, 5) is 0. The topological polar surface area (TPSA) is 66.4 Å². The van der Waals surface area contributed by atoms with Gasteiger partial charge < -0.3 is 0 Å². The van der Waals surface area contributed by atoms with Gasteiger partial charge in [0.15, 0.2) is 0 Å². The van der Waals surface area contributed by atoms with Crippen LogP contribution in [0.3, 0.4) is 0 Å². The standard InChI is InChI=1S/C12H20AsNO3S/c1-9(2)13-8-12(15)10-4-6-11(7-5-10)14-18(3,16)17/h4-7,9,12-15H,8H2,1-3H3. The molecule has 2 unspecified atom stereocenters. The molecule has 4 nitrogen and oxygen atoms in total. The Morgan fingerprint density at radius 3 is 2.28 bits per heavy atom. The average molecular weight is 333 g/mol. The predicted molar refractivity (Wildman–Crippen MR) is 76.9 cm³/mol. The molecule has 2 atom stereocenters. The van der Waals surface area contributed by atoms with Gasteiger partial charge in [-0.2, -0.15) is 0 Å². The van der Waals surface area contributed by atoms with E-state index in [4.69, 9.17) is 0 Å². The minimum absolute atomic E-state index is 0.123. The summed E-state index contributed by atoms with van der Waals surface area (Å²) >= 11 is -0.123. The zero-order valence-electron chi connectivity index (χ0n) is 10.8. The maximum atomic E-state index is 11.0. The van der Waals surface area contributed by atoms with Crippen molar-refractivity contribution in [1.29, 1.82) is 0 Å². The summed E-state index contributed by atoms with van der Waals surface area (Å²) in [5.74, 6) is 0. The summed E-state index contributed by atoms with van der Waals surface area (Å²) in [6.07, 6.45) is 0.684. The quantitative estimate of drug-likeness (QED) is 0.780. The zero-order chi connectivity index (χ0) is 13.8. The van der Waals surface area contributed by atoms with Gasteiger partial charge in [0.2, 0.25) is 0 Å². The third kappa shape index (κ3) is 5.89. The van der Waals surface area contributed by atoms with E-state index in [0.717, 1.165) is 17.0 Å². The Bertz CT molecular complexity index is 471. The molecular formula is C12H20AsNO3S. The molecule has 0 bridgehead atoms. The molecule has 0 saturated heterocycles. The van der Waals surface area contributed by atoms with Crippen LogP contribution >= 0.6 is 0 Å². The van der Waals surface area contributed by atoms with Crippen LogP contribution < -0.4 is 4.72 Å². The molecule has 6 heteroatoms. The van der Waals surface area contributed by atoms with Crippen LogP contribution in [-0.2, 0) is 10.0 Å². The Balaban J connectivity index is 2.65. The van der Waals surface area contributed by atoms with Gasteiger partial charge >= 0.3 is 116 Å². The van der Waals surface area contributed by atoms with Crippen molar-refractivity contribution < 1.29 is 13.5 Å². The maximum absolute atomic E-state index is 11.0. The van der Waals surface area contributed by atoms with Gasteiger partial charge in [-0.05, 0) is 0 Å². The molecular weight excluding hydrogens is 313 g/mol. The van der Waals surface area contributed by atoms with Crippen molar-refractivity contribution in [3.05, 3.63) is 29.8 Å². The monoisotopic (exact) mass is 333 g/mol. The molecule has 0 amide bonds. The Kier molecular flexibility index (Phi) is 5.70. The average Bonchev–Trinajstić information content (AvgIpc) is 2.24. The van der Waals surface area contributed by atoms with E-state index in [1.54, 1.807) is 24.3 Å². The van der Waals surface area contributed by atoms with Crippen LogP contribution in [0.15, 0.2) is 24.3 Å². The zero-order valence-corrected chi connectivity index (χ0v) is 13.8. The van der Waals surface area contributed by atoms with Crippen molar-refractivity contribution >= 4 is 31.5 Å². The molecule has 0 aliphatic heterocycles. The number of hydrogen-bond acceptors (Lipinski definition) is 3. The summed E-state index contributed by atoms with van der Waals surface area (Å²) in [5.41, 5.74) is 1.37. The molecule has 1 aromatic rings. The van der Waals surface area contributed by atoms with E-state index in [1.807, 2.05) is 0 Å². The fourth-order valence-corrected chi connectivity index (χ4v) is 3.97. The van der Waals surface area contributed by atoms with Gasteiger partial charge in [0, 0.05) is 0 Å². The SMILES string of the molecule is CC(C)[AsH]CC(O)c1ccc(NS(C)(=O)=O)cc1. The summed E-state index contributed by atoms with van der Waals surface area (Å²) < 4.78 is 25.2. The van der Waals surface area contributed by atoms with E-state index < -0.39 is 16.1 Å². The molecule has 0 aliphatic rings. The number of rotatable bonds is 6. The van der Waals surface area contributed by atoms with Crippen LogP contribution in [-0.4, -0.2) is 35.5 Å². The fraction of sp³-hybridized carbons (Fsp3) is 0.500. The molecule has 0 fully saturated rings. The van der Waals surface area contributed by atoms with Gasteiger partial charge in [-0.15, -0.1) is 0 Å². The summed E-state index contributed by atoms with van der Waals surface area (Å²) in [6, 6.07) is 6.89. The number of aliphatic hydroxyl groups excluding tert-OH is 1. The van der Waals surface area contributed by atoms with Crippen LogP contribution in [0.2, 0.25) is 9.91 Å². The Labute approximate surface area is 116 Å². The summed E-state index contributed by atoms with van der Waals surface area (Å²) in [5, 5.41) is 10.8. The minimum atomic E-state index is -3.24. The van der Waals surface area contributed by atoms with Crippen molar-refractivity contribution in [2.45, 2.75) is 29.9 Å². The fourth-order valence-electron chi connectivity index (χ4n) is 1.45. The number of aliphatic hydroxyl groups is 1.